The number of benzene rings is 2. The molecule has 2 N–H and O–H groups in total. The van der Waals surface area contributed by atoms with Gasteiger partial charge in [0.15, 0.2) is 0 Å². The molecule has 4 nitrogen and oxygen atoms in total. The molecule has 0 radical (unpaired) electrons. The summed E-state index contributed by atoms with van der Waals surface area (Å²) in [6.07, 6.45) is 13.0. The van der Waals surface area contributed by atoms with Crippen molar-refractivity contribution in [1.82, 2.24) is 9.80 Å². The van der Waals surface area contributed by atoms with E-state index < -0.39 is 6.10 Å². The van der Waals surface area contributed by atoms with Crippen LogP contribution in [0.4, 0.5) is 0 Å². The van der Waals surface area contributed by atoms with E-state index in [4.69, 9.17) is 0 Å². The Balaban J connectivity index is 1.64. The molecule has 0 spiro atoms. The van der Waals surface area contributed by atoms with E-state index in [9.17, 15) is 10.2 Å². The van der Waals surface area contributed by atoms with Crippen molar-refractivity contribution < 1.29 is 10.2 Å². The fourth-order valence-electron chi connectivity index (χ4n) is 6.98. The second-order valence-electron chi connectivity index (χ2n) is 14.2. The Labute approximate surface area is 264 Å². The molecule has 5 unspecified atom stereocenters. The summed E-state index contributed by atoms with van der Waals surface area (Å²) in [5, 5.41) is 21.2. The van der Waals surface area contributed by atoms with Crippen LogP contribution in [0.2, 0.25) is 0 Å². The van der Waals surface area contributed by atoms with Crippen molar-refractivity contribution in [1.29, 1.82) is 0 Å². The molecule has 0 amide bonds. The maximum Gasteiger partial charge on any atom is 0.0683 e. The lowest BCUT2D eigenvalue weighted by Crippen LogP contribution is -2.41. The van der Waals surface area contributed by atoms with Crippen LogP contribution in [-0.4, -0.2) is 71.5 Å². The monoisotopic (exact) mass is 590 g/mol. The molecule has 1 saturated carbocycles. The molecule has 240 valence electrons. The Morgan fingerprint density at radius 2 is 1.58 bits per heavy atom. The predicted molar refractivity (Wildman–Crippen MR) is 184 cm³/mol. The van der Waals surface area contributed by atoms with Crippen LogP contribution in [0, 0.1) is 11.8 Å². The van der Waals surface area contributed by atoms with Gasteiger partial charge in [0.05, 0.1) is 6.10 Å². The molecule has 43 heavy (non-hydrogen) atoms. The predicted octanol–water partition coefficient (Wildman–Crippen LogP) is 8.27. The van der Waals surface area contributed by atoms with Crippen LogP contribution < -0.4 is 0 Å². The summed E-state index contributed by atoms with van der Waals surface area (Å²) in [7, 11) is 2.23. The summed E-state index contributed by atoms with van der Waals surface area (Å²) in [5.74, 6) is 1.56. The lowest BCUT2D eigenvalue weighted by Gasteiger charge is -2.35. The first-order chi connectivity index (χ1) is 20.7. The summed E-state index contributed by atoms with van der Waals surface area (Å²) in [6, 6.07) is 21.6. The van der Waals surface area contributed by atoms with Gasteiger partial charge in [0, 0.05) is 30.5 Å². The van der Waals surface area contributed by atoms with E-state index in [0.29, 0.717) is 5.92 Å². The van der Waals surface area contributed by atoms with Crippen molar-refractivity contribution in [3.8, 4) is 0 Å². The lowest BCUT2D eigenvalue weighted by molar-refractivity contribution is 0.0711. The number of aliphatic hydroxyl groups is 2. The van der Waals surface area contributed by atoms with Crippen LogP contribution >= 0.6 is 0 Å². The van der Waals surface area contributed by atoms with Crippen LogP contribution in [0.25, 0.3) is 0 Å². The van der Waals surface area contributed by atoms with Gasteiger partial charge in [-0.1, -0.05) is 86.0 Å². The molecule has 1 fully saturated rings. The molecular formula is C39H62N2O2. The number of aliphatic hydroxyl groups excluding tert-OH is 2. The normalized spacial score (nSPS) is 19.8. The molecule has 0 aromatic heterocycles. The van der Waals surface area contributed by atoms with Gasteiger partial charge in [-0.25, -0.2) is 0 Å². The molecule has 0 heterocycles. The molecule has 3 rings (SSSR count). The van der Waals surface area contributed by atoms with E-state index in [2.05, 4.69) is 98.8 Å². The van der Waals surface area contributed by atoms with Crippen molar-refractivity contribution >= 4 is 0 Å². The van der Waals surface area contributed by atoms with Crippen LogP contribution in [0.1, 0.15) is 108 Å². The zero-order valence-corrected chi connectivity index (χ0v) is 27.8. The minimum atomic E-state index is -0.497. The van der Waals surface area contributed by atoms with E-state index in [0.717, 1.165) is 57.8 Å². The van der Waals surface area contributed by atoms with Crippen LogP contribution in [0.3, 0.4) is 0 Å². The third-order valence-corrected chi connectivity index (χ3v) is 10.0. The maximum atomic E-state index is 11.8. The highest BCUT2D eigenvalue weighted by Gasteiger charge is 2.29. The minimum absolute atomic E-state index is 0.00294. The Kier molecular flexibility index (Phi) is 15.5. The van der Waals surface area contributed by atoms with Gasteiger partial charge in [-0.2, -0.15) is 0 Å². The van der Waals surface area contributed by atoms with Crippen molar-refractivity contribution in [2.45, 2.75) is 108 Å². The Morgan fingerprint density at radius 3 is 2.23 bits per heavy atom. The average Bonchev–Trinajstić information content (AvgIpc) is 3.02. The average molecular weight is 591 g/mol. The largest absolute Gasteiger partial charge is 0.396 e. The van der Waals surface area contributed by atoms with Crippen LogP contribution in [0.5, 0.6) is 0 Å². The van der Waals surface area contributed by atoms with Gasteiger partial charge < -0.3 is 20.0 Å². The summed E-state index contributed by atoms with van der Waals surface area (Å²) in [5.41, 5.74) is 2.87. The second-order valence-corrected chi connectivity index (χ2v) is 14.2. The van der Waals surface area contributed by atoms with E-state index in [1.54, 1.807) is 0 Å². The summed E-state index contributed by atoms with van der Waals surface area (Å²) in [6.45, 7) is 15.3. The molecule has 4 heteroatoms. The highest BCUT2D eigenvalue weighted by Crippen LogP contribution is 2.38. The van der Waals surface area contributed by atoms with E-state index >= 15 is 0 Å². The molecule has 0 bridgehead atoms. The van der Waals surface area contributed by atoms with Gasteiger partial charge in [0.2, 0.25) is 0 Å². The number of nitrogens with zero attached hydrogens (tertiary/aromatic N) is 2. The molecule has 1 aliphatic rings. The molecule has 1 aliphatic carbocycles. The topological polar surface area (TPSA) is 46.9 Å². The molecule has 2 aromatic carbocycles. The quantitative estimate of drug-likeness (QED) is 0.128. The first-order valence-electron chi connectivity index (χ1n) is 17.2. The summed E-state index contributed by atoms with van der Waals surface area (Å²) in [4.78, 5) is 5.06. The molecular weight excluding hydrogens is 528 g/mol. The molecule has 0 aliphatic heterocycles. The van der Waals surface area contributed by atoms with Gasteiger partial charge in [-0.15, -0.1) is 6.58 Å². The van der Waals surface area contributed by atoms with Crippen molar-refractivity contribution in [2.24, 2.45) is 11.8 Å². The number of hydrogen-bond acceptors (Lipinski definition) is 4. The first-order valence-corrected chi connectivity index (χ1v) is 17.2. The fraction of sp³-hybridized carbons (Fsp3) is 0.641. The SMILES string of the molecule is C=CC(CN(CCCC1CCCC(c2ccccc2)C1)CCCN(C)C(C)(C)C)C(O)C(CCCCO)c1ccccc1. The molecule has 5 atom stereocenters. The first kappa shape index (κ1) is 35.5. The van der Waals surface area contributed by atoms with E-state index in [-0.39, 0.29) is 24.0 Å². The van der Waals surface area contributed by atoms with Crippen molar-refractivity contribution in [3.63, 3.8) is 0 Å². The lowest BCUT2D eigenvalue weighted by atomic mass is 9.76. The van der Waals surface area contributed by atoms with Gasteiger partial charge >= 0.3 is 0 Å². The number of unbranched alkanes of at least 4 members (excludes halogenated alkanes) is 1. The Bertz CT molecular complexity index is 1000. The number of rotatable bonds is 19. The van der Waals surface area contributed by atoms with Gasteiger partial charge in [-0.05, 0) is 115 Å². The maximum absolute atomic E-state index is 11.8. The highest BCUT2D eigenvalue weighted by atomic mass is 16.3. The molecule has 2 aromatic rings. The van der Waals surface area contributed by atoms with Crippen molar-refractivity contribution in [3.05, 3.63) is 84.4 Å². The van der Waals surface area contributed by atoms with E-state index in [1.165, 1.54) is 49.7 Å². The summed E-state index contributed by atoms with van der Waals surface area (Å²) < 4.78 is 0. The third-order valence-electron chi connectivity index (χ3n) is 10.0. The van der Waals surface area contributed by atoms with Gasteiger partial charge in [-0.3, -0.25) is 0 Å². The van der Waals surface area contributed by atoms with E-state index in [1.807, 2.05) is 12.1 Å². The Hall–Kier alpha value is -1.98. The van der Waals surface area contributed by atoms with Gasteiger partial charge in [0.1, 0.15) is 0 Å². The minimum Gasteiger partial charge on any atom is -0.396 e. The fourth-order valence-corrected chi connectivity index (χ4v) is 6.98. The van der Waals surface area contributed by atoms with Crippen LogP contribution in [-0.2, 0) is 0 Å². The number of hydrogen-bond donors (Lipinski definition) is 2. The zero-order valence-electron chi connectivity index (χ0n) is 27.8. The van der Waals surface area contributed by atoms with Crippen molar-refractivity contribution in [2.75, 3.05) is 39.8 Å². The second kappa shape index (κ2) is 18.7. The highest BCUT2D eigenvalue weighted by molar-refractivity contribution is 5.22. The smallest absolute Gasteiger partial charge is 0.0683 e. The van der Waals surface area contributed by atoms with Gasteiger partial charge in [0.25, 0.3) is 0 Å². The van der Waals surface area contributed by atoms with Crippen LogP contribution in [0.15, 0.2) is 73.3 Å². The molecule has 0 saturated heterocycles. The Morgan fingerprint density at radius 1 is 0.907 bits per heavy atom. The zero-order chi connectivity index (χ0) is 31.1. The standard InChI is InChI=1S/C39H62N2O2/c1-6-33(38(43)37(25-13-14-29-42)35-22-11-8-12-23-35)31-41(28-17-26-40(5)39(2,3)4)27-16-19-32-18-15-24-36(30-32)34-20-9-7-10-21-34/h6-12,20-23,32-33,36-38,42-43H,1,13-19,24-31H2,2-5H3. The summed E-state index contributed by atoms with van der Waals surface area (Å²) >= 11 is 0. The third kappa shape index (κ3) is 12.1.